The molecule has 0 spiro atoms. The van der Waals surface area contributed by atoms with E-state index in [0.717, 1.165) is 25.0 Å². The third kappa shape index (κ3) is 4.16. The highest BCUT2D eigenvalue weighted by Crippen LogP contribution is 2.23. The van der Waals surface area contributed by atoms with Crippen molar-refractivity contribution in [3.63, 3.8) is 0 Å². The fourth-order valence-electron chi connectivity index (χ4n) is 3.58. The number of carbonyl (C=O) groups is 3. The van der Waals surface area contributed by atoms with Gasteiger partial charge in [0.15, 0.2) is 5.82 Å². The molecule has 0 unspecified atom stereocenters. The number of imidazole rings is 1. The maximum Gasteiger partial charge on any atom is 0.337 e. The fraction of sp³-hybridized carbons (Fsp3) is 0.429. The van der Waals surface area contributed by atoms with E-state index >= 15 is 0 Å². The number of rotatable bonds is 6. The van der Waals surface area contributed by atoms with E-state index in [9.17, 15) is 14.4 Å². The Hall–Kier alpha value is -3.16. The summed E-state index contributed by atoms with van der Waals surface area (Å²) >= 11 is 0. The van der Waals surface area contributed by atoms with Crippen molar-refractivity contribution in [1.82, 2.24) is 14.5 Å². The van der Waals surface area contributed by atoms with Crippen molar-refractivity contribution in [3.05, 3.63) is 47.0 Å². The van der Waals surface area contributed by atoms with Gasteiger partial charge in [0.25, 0.3) is 11.8 Å². The molecule has 0 saturated carbocycles. The lowest BCUT2D eigenvalue weighted by Crippen LogP contribution is -2.31. The largest absolute Gasteiger partial charge is 0.465 e. The number of nitrogens with one attached hydrogen (secondary N) is 1. The number of methoxy groups -OCH3 is 1. The number of aromatic nitrogens is 2. The van der Waals surface area contributed by atoms with Crippen molar-refractivity contribution in [3.8, 4) is 0 Å². The first kappa shape index (κ1) is 20.6. The van der Waals surface area contributed by atoms with E-state index < -0.39 is 11.9 Å². The Balaban J connectivity index is 1.91. The number of benzene rings is 1. The van der Waals surface area contributed by atoms with Crippen LogP contribution >= 0.6 is 0 Å². The zero-order valence-electron chi connectivity index (χ0n) is 17.0. The summed E-state index contributed by atoms with van der Waals surface area (Å²) in [6.45, 7) is 5.67. The molecule has 1 aromatic heterocycles. The molecule has 0 fully saturated rings. The lowest BCUT2D eigenvalue weighted by Gasteiger charge is -2.20. The molecule has 8 nitrogen and oxygen atoms in total. The van der Waals surface area contributed by atoms with E-state index in [-0.39, 0.29) is 11.7 Å². The van der Waals surface area contributed by atoms with Gasteiger partial charge in [0, 0.05) is 25.3 Å². The summed E-state index contributed by atoms with van der Waals surface area (Å²) in [4.78, 5) is 43.7. The lowest BCUT2D eigenvalue weighted by molar-refractivity contribution is 0.0600. The summed E-state index contributed by atoms with van der Waals surface area (Å²) in [5, 5.41) is 2.78. The molecule has 154 valence electrons. The molecule has 2 amide bonds. The minimum atomic E-state index is -0.480. The Morgan fingerprint density at radius 3 is 2.66 bits per heavy atom. The Morgan fingerprint density at radius 1 is 1.21 bits per heavy atom. The van der Waals surface area contributed by atoms with E-state index in [1.807, 2.05) is 18.4 Å². The molecule has 8 heteroatoms. The van der Waals surface area contributed by atoms with Gasteiger partial charge in [-0.15, -0.1) is 0 Å². The normalized spacial score (nSPS) is 12.8. The van der Waals surface area contributed by atoms with Crippen LogP contribution in [0.15, 0.2) is 24.3 Å². The summed E-state index contributed by atoms with van der Waals surface area (Å²) in [6, 6.07) is 6.51. The van der Waals surface area contributed by atoms with Gasteiger partial charge in [-0.25, -0.2) is 9.78 Å². The molecule has 0 aliphatic carbocycles. The predicted molar refractivity (Wildman–Crippen MR) is 108 cm³/mol. The van der Waals surface area contributed by atoms with Gasteiger partial charge >= 0.3 is 5.97 Å². The number of fused-ring (bicyclic) bond motifs is 1. The van der Waals surface area contributed by atoms with Gasteiger partial charge < -0.3 is 19.5 Å². The van der Waals surface area contributed by atoms with Crippen LogP contribution in [0, 0.1) is 0 Å². The van der Waals surface area contributed by atoms with Crippen LogP contribution in [0.3, 0.4) is 0 Å². The molecule has 0 atom stereocenters. The van der Waals surface area contributed by atoms with E-state index in [1.54, 1.807) is 29.2 Å². The third-order valence-corrected chi connectivity index (χ3v) is 5.12. The van der Waals surface area contributed by atoms with E-state index in [2.05, 4.69) is 10.3 Å². The molecule has 29 heavy (non-hydrogen) atoms. The molecule has 1 N–H and O–H groups in total. The van der Waals surface area contributed by atoms with Crippen LogP contribution in [-0.2, 0) is 17.7 Å². The maximum atomic E-state index is 12.9. The number of nitrogens with zero attached hydrogens (tertiary/aromatic N) is 3. The molecule has 2 heterocycles. The summed E-state index contributed by atoms with van der Waals surface area (Å²) in [5.41, 5.74) is 1.99. The summed E-state index contributed by atoms with van der Waals surface area (Å²) < 4.78 is 6.57. The molecule has 0 saturated heterocycles. The lowest BCUT2D eigenvalue weighted by atomic mass is 10.1. The highest BCUT2D eigenvalue weighted by Gasteiger charge is 2.29. The van der Waals surface area contributed by atoms with E-state index in [0.29, 0.717) is 36.6 Å². The second-order valence-electron chi connectivity index (χ2n) is 6.84. The Kier molecular flexibility index (Phi) is 6.31. The number of hydrogen-bond acceptors (Lipinski definition) is 5. The molecule has 0 radical (unpaired) electrons. The number of esters is 1. The van der Waals surface area contributed by atoms with Crippen molar-refractivity contribution in [2.75, 3.05) is 25.5 Å². The summed E-state index contributed by atoms with van der Waals surface area (Å²) in [7, 11) is 1.30. The molecule has 0 bridgehead atoms. The monoisotopic (exact) mass is 398 g/mol. The van der Waals surface area contributed by atoms with Crippen LogP contribution in [0.1, 0.15) is 63.8 Å². The second kappa shape index (κ2) is 8.89. The molecular formula is C21H26N4O4. The van der Waals surface area contributed by atoms with Crippen molar-refractivity contribution < 1.29 is 19.1 Å². The Labute approximate surface area is 169 Å². The second-order valence-corrected chi connectivity index (χ2v) is 6.84. The highest BCUT2D eigenvalue weighted by atomic mass is 16.5. The number of ether oxygens (including phenoxy) is 1. The van der Waals surface area contributed by atoms with Crippen LogP contribution in [0.5, 0.6) is 0 Å². The number of anilines is 1. The van der Waals surface area contributed by atoms with Gasteiger partial charge in [-0.2, -0.15) is 0 Å². The molecule has 1 aliphatic heterocycles. The van der Waals surface area contributed by atoms with Gasteiger partial charge in [0.2, 0.25) is 0 Å². The van der Waals surface area contributed by atoms with Crippen molar-refractivity contribution in [2.24, 2.45) is 0 Å². The highest BCUT2D eigenvalue weighted by molar-refractivity contribution is 6.04. The molecule has 3 rings (SSSR count). The van der Waals surface area contributed by atoms with Crippen molar-refractivity contribution >= 4 is 23.5 Å². The molecule has 2 aromatic rings. The summed E-state index contributed by atoms with van der Waals surface area (Å²) in [6.07, 6.45) is 2.62. The standard InChI is InChI=1S/C21H26N4O4/c1-4-24(5-2)20(27)17-16-11-6-7-12-25(16)18(23-17)19(26)22-15-10-8-9-14(13-15)21(28)29-3/h8-10,13H,4-7,11-12H2,1-3H3,(H,22,26). The van der Waals surface area contributed by atoms with Crippen LogP contribution < -0.4 is 5.32 Å². The first-order chi connectivity index (χ1) is 14.0. The van der Waals surface area contributed by atoms with Gasteiger partial charge in [0.05, 0.1) is 18.4 Å². The summed E-state index contributed by atoms with van der Waals surface area (Å²) in [5.74, 6) is -0.814. The van der Waals surface area contributed by atoms with Crippen LogP contribution in [0.2, 0.25) is 0 Å². The zero-order chi connectivity index (χ0) is 21.0. The van der Waals surface area contributed by atoms with Crippen LogP contribution in [-0.4, -0.2) is 52.4 Å². The van der Waals surface area contributed by atoms with E-state index in [4.69, 9.17) is 4.74 Å². The molecule has 1 aromatic carbocycles. The van der Waals surface area contributed by atoms with Crippen molar-refractivity contribution in [1.29, 1.82) is 0 Å². The first-order valence-corrected chi connectivity index (χ1v) is 9.88. The Morgan fingerprint density at radius 2 is 1.97 bits per heavy atom. The zero-order valence-corrected chi connectivity index (χ0v) is 17.0. The SMILES string of the molecule is CCN(CC)C(=O)c1nc(C(=O)Nc2cccc(C(=O)OC)c2)n2c1CCCC2. The molecule has 1 aliphatic rings. The van der Waals surface area contributed by atoms with Gasteiger partial charge in [-0.1, -0.05) is 6.07 Å². The minimum absolute atomic E-state index is 0.146. The van der Waals surface area contributed by atoms with Crippen molar-refractivity contribution in [2.45, 2.75) is 39.7 Å². The fourth-order valence-corrected chi connectivity index (χ4v) is 3.58. The topological polar surface area (TPSA) is 93.5 Å². The van der Waals surface area contributed by atoms with Gasteiger partial charge in [-0.05, 0) is 51.3 Å². The van der Waals surface area contributed by atoms with E-state index in [1.165, 1.54) is 7.11 Å². The van der Waals surface area contributed by atoms with Crippen LogP contribution in [0.4, 0.5) is 5.69 Å². The minimum Gasteiger partial charge on any atom is -0.465 e. The molecular weight excluding hydrogens is 372 g/mol. The quantitative estimate of drug-likeness (QED) is 0.755. The number of amides is 2. The third-order valence-electron chi connectivity index (χ3n) is 5.12. The van der Waals surface area contributed by atoms with Gasteiger partial charge in [-0.3, -0.25) is 9.59 Å². The van der Waals surface area contributed by atoms with Gasteiger partial charge in [0.1, 0.15) is 5.69 Å². The smallest absolute Gasteiger partial charge is 0.337 e. The first-order valence-electron chi connectivity index (χ1n) is 9.88. The Bertz CT molecular complexity index is 931. The number of hydrogen-bond donors (Lipinski definition) is 1. The average molecular weight is 398 g/mol. The predicted octanol–water partition coefficient (Wildman–Crippen LogP) is 2.74. The maximum absolute atomic E-state index is 12.9. The average Bonchev–Trinajstić information content (AvgIpc) is 3.14. The number of carbonyl (C=O) groups excluding carboxylic acids is 3. The van der Waals surface area contributed by atoms with Crippen LogP contribution in [0.25, 0.3) is 0 Å².